The van der Waals surface area contributed by atoms with E-state index < -0.39 is 5.97 Å². The summed E-state index contributed by atoms with van der Waals surface area (Å²) in [7, 11) is 0. The van der Waals surface area contributed by atoms with Gasteiger partial charge < -0.3 is 9.84 Å². The molecule has 3 aliphatic heterocycles. The van der Waals surface area contributed by atoms with E-state index in [0.29, 0.717) is 5.69 Å². The van der Waals surface area contributed by atoms with Crippen molar-refractivity contribution in [2.45, 2.75) is 25.0 Å². The predicted octanol–water partition coefficient (Wildman–Crippen LogP) is 1.05. The molecule has 2 unspecified atom stereocenters. The van der Waals surface area contributed by atoms with Crippen molar-refractivity contribution in [3.05, 3.63) is 29.8 Å². The Morgan fingerprint density at radius 2 is 1.57 bits per heavy atom. The fourth-order valence-electron chi connectivity index (χ4n) is 3.72. The van der Waals surface area contributed by atoms with Gasteiger partial charge in [-0.3, -0.25) is 9.59 Å². The summed E-state index contributed by atoms with van der Waals surface area (Å²) in [6.45, 7) is 0. The minimum atomic E-state index is -1.04. The van der Waals surface area contributed by atoms with Gasteiger partial charge in [-0.25, -0.2) is 9.69 Å². The van der Waals surface area contributed by atoms with E-state index in [0.717, 1.165) is 12.8 Å². The molecule has 2 amide bonds. The number of benzene rings is 1. The zero-order valence-electron chi connectivity index (χ0n) is 11.1. The lowest BCUT2D eigenvalue weighted by atomic mass is 9.81. The molecule has 1 N–H and O–H groups in total. The molecule has 3 aliphatic rings. The summed E-state index contributed by atoms with van der Waals surface area (Å²) >= 11 is 0. The summed E-state index contributed by atoms with van der Waals surface area (Å²) in [6.07, 6.45) is 1.38. The maximum absolute atomic E-state index is 12.5. The van der Waals surface area contributed by atoms with Gasteiger partial charge in [0, 0.05) is 0 Å². The molecule has 0 radical (unpaired) electrons. The van der Waals surface area contributed by atoms with Crippen LogP contribution in [0, 0.1) is 11.8 Å². The predicted molar refractivity (Wildman–Crippen MR) is 70.8 cm³/mol. The van der Waals surface area contributed by atoms with Crippen LogP contribution in [0.1, 0.15) is 23.2 Å². The Hall–Kier alpha value is -2.21. The van der Waals surface area contributed by atoms with Gasteiger partial charge in [-0.2, -0.15) is 0 Å². The largest absolute Gasteiger partial charge is 0.478 e. The average molecular weight is 287 g/mol. The molecule has 2 bridgehead atoms. The van der Waals surface area contributed by atoms with Gasteiger partial charge in [-0.1, -0.05) is 0 Å². The Kier molecular flexibility index (Phi) is 2.47. The number of rotatable bonds is 2. The number of nitrogens with zero attached hydrogens (tertiary/aromatic N) is 1. The smallest absolute Gasteiger partial charge is 0.335 e. The topological polar surface area (TPSA) is 83.9 Å². The highest BCUT2D eigenvalue weighted by Gasteiger charge is 2.62. The number of imide groups is 1. The Labute approximate surface area is 120 Å². The molecule has 1 aromatic rings. The Bertz CT molecular complexity index is 625. The zero-order chi connectivity index (χ0) is 14.7. The maximum Gasteiger partial charge on any atom is 0.335 e. The Morgan fingerprint density at radius 1 is 1.05 bits per heavy atom. The van der Waals surface area contributed by atoms with Crippen molar-refractivity contribution < 1.29 is 24.2 Å². The van der Waals surface area contributed by atoms with Crippen LogP contribution in [0.4, 0.5) is 5.69 Å². The van der Waals surface area contributed by atoms with Gasteiger partial charge >= 0.3 is 5.97 Å². The van der Waals surface area contributed by atoms with Gasteiger partial charge in [0.2, 0.25) is 11.8 Å². The lowest BCUT2D eigenvalue weighted by molar-refractivity contribution is -0.124. The number of anilines is 1. The normalized spacial score (nSPS) is 33.6. The van der Waals surface area contributed by atoms with Gasteiger partial charge in [0.25, 0.3) is 0 Å². The number of aromatic carboxylic acids is 1. The number of carboxylic acid groups (broad SMARTS) is 1. The summed E-state index contributed by atoms with van der Waals surface area (Å²) in [4.78, 5) is 37.1. The maximum atomic E-state index is 12.5. The first-order valence-electron chi connectivity index (χ1n) is 6.94. The zero-order valence-corrected chi connectivity index (χ0v) is 11.1. The summed E-state index contributed by atoms with van der Waals surface area (Å²) in [5.74, 6) is -2.21. The molecular weight excluding hydrogens is 274 g/mol. The number of hydrogen-bond acceptors (Lipinski definition) is 4. The molecule has 6 heteroatoms. The summed E-state index contributed by atoms with van der Waals surface area (Å²) in [5, 5.41) is 8.89. The fourth-order valence-corrected chi connectivity index (χ4v) is 3.72. The molecule has 3 heterocycles. The van der Waals surface area contributed by atoms with E-state index in [1.54, 1.807) is 0 Å². The van der Waals surface area contributed by atoms with Crippen LogP contribution in [0.3, 0.4) is 0 Å². The number of carbonyl (C=O) groups is 3. The SMILES string of the molecule is O=C(O)c1ccc(N2C(=O)C3C(C2=O)[C@H]2CC[C@H]3O2)cc1. The standard InChI is InChI=1S/C15H13NO5/c17-13-11-9-5-6-10(21-9)12(11)14(18)16(13)8-3-1-7(2-4-8)15(19)20/h1-4,9-12H,5-6H2,(H,19,20)/t9-,10-,11?,12?/m1/s1. The molecule has 6 nitrogen and oxygen atoms in total. The Balaban J connectivity index is 1.68. The van der Waals surface area contributed by atoms with E-state index in [2.05, 4.69) is 0 Å². The molecule has 21 heavy (non-hydrogen) atoms. The second-order valence-electron chi connectivity index (χ2n) is 5.71. The van der Waals surface area contributed by atoms with E-state index in [4.69, 9.17) is 9.84 Å². The number of carbonyl (C=O) groups excluding carboxylic acids is 2. The van der Waals surface area contributed by atoms with Crippen molar-refractivity contribution in [2.24, 2.45) is 11.8 Å². The van der Waals surface area contributed by atoms with E-state index in [1.807, 2.05) is 0 Å². The second kappa shape index (κ2) is 4.14. The number of amides is 2. The third-order valence-corrected chi connectivity index (χ3v) is 4.66. The van der Waals surface area contributed by atoms with E-state index in [-0.39, 0.29) is 41.4 Å². The fraction of sp³-hybridized carbons (Fsp3) is 0.400. The van der Waals surface area contributed by atoms with Gasteiger partial charge in [0.15, 0.2) is 0 Å². The summed E-state index contributed by atoms with van der Waals surface area (Å²) in [5.41, 5.74) is 0.560. The molecule has 108 valence electrons. The van der Waals surface area contributed by atoms with E-state index in [1.165, 1.54) is 29.2 Å². The molecule has 4 atom stereocenters. The van der Waals surface area contributed by atoms with Crippen molar-refractivity contribution in [1.82, 2.24) is 0 Å². The van der Waals surface area contributed by atoms with Crippen LogP contribution in [0.15, 0.2) is 24.3 Å². The third-order valence-electron chi connectivity index (χ3n) is 4.66. The quantitative estimate of drug-likeness (QED) is 0.822. The van der Waals surface area contributed by atoms with E-state index in [9.17, 15) is 14.4 Å². The number of ether oxygens (including phenoxy) is 1. The van der Waals surface area contributed by atoms with Crippen LogP contribution < -0.4 is 4.90 Å². The molecule has 0 aliphatic carbocycles. The van der Waals surface area contributed by atoms with Crippen LogP contribution in [0.25, 0.3) is 0 Å². The highest BCUT2D eigenvalue weighted by Crippen LogP contribution is 2.49. The molecule has 3 saturated heterocycles. The van der Waals surface area contributed by atoms with Gasteiger partial charge in [0.1, 0.15) is 0 Å². The molecular formula is C15H13NO5. The Morgan fingerprint density at radius 3 is 2.05 bits per heavy atom. The summed E-state index contributed by atoms with van der Waals surface area (Å²) < 4.78 is 5.67. The summed E-state index contributed by atoms with van der Waals surface area (Å²) in [6, 6.07) is 5.81. The van der Waals surface area contributed by atoms with Crippen LogP contribution in [0.5, 0.6) is 0 Å². The van der Waals surface area contributed by atoms with Crippen molar-refractivity contribution in [1.29, 1.82) is 0 Å². The highest BCUT2D eigenvalue weighted by molar-refractivity contribution is 6.22. The molecule has 0 aromatic heterocycles. The van der Waals surface area contributed by atoms with E-state index >= 15 is 0 Å². The van der Waals surface area contributed by atoms with Crippen LogP contribution >= 0.6 is 0 Å². The minimum absolute atomic E-state index is 0.126. The van der Waals surface area contributed by atoms with Gasteiger partial charge in [-0.15, -0.1) is 0 Å². The molecule has 1 aromatic carbocycles. The molecule has 0 saturated carbocycles. The third kappa shape index (κ3) is 1.59. The lowest BCUT2D eigenvalue weighted by Crippen LogP contribution is -2.34. The average Bonchev–Trinajstić information content (AvgIpc) is 3.13. The number of hydrogen-bond donors (Lipinski definition) is 1. The molecule has 0 spiro atoms. The number of carboxylic acids is 1. The van der Waals surface area contributed by atoms with Gasteiger partial charge in [-0.05, 0) is 37.1 Å². The van der Waals surface area contributed by atoms with Crippen LogP contribution in [-0.4, -0.2) is 35.1 Å². The first-order chi connectivity index (χ1) is 10.1. The molecule has 3 fully saturated rings. The molecule has 4 rings (SSSR count). The highest BCUT2D eigenvalue weighted by atomic mass is 16.5. The van der Waals surface area contributed by atoms with Crippen molar-refractivity contribution in [2.75, 3.05) is 4.90 Å². The first kappa shape index (κ1) is 12.5. The van der Waals surface area contributed by atoms with Crippen molar-refractivity contribution >= 4 is 23.5 Å². The second-order valence-corrected chi connectivity index (χ2v) is 5.71. The van der Waals surface area contributed by atoms with Crippen molar-refractivity contribution in [3.63, 3.8) is 0 Å². The van der Waals surface area contributed by atoms with Crippen molar-refractivity contribution in [3.8, 4) is 0 Å². The first-order valence-corrected chi connectivity index (χ1v) is 6.94. The van der Waals surface area contributed by atoms with Crippen LogP contribution in [-0.2, 0) is 14.3 Å². The lowest BCUT2D eigenvalue weighted by Gasteiger charge is -2.17. The van der Waals surface area contributed by atoms with Gasteiger partial charge in [0.05, 0.1) is 35.3 Å². The number of fused-ring (bicyclic) bond motifs is 5. The minimum Gasteiger partial charge on any atom is -0.478 e. The monoisotopic (exact) mass is 287 g/mol. The van der Waals surface area contributed by atoms with Crippen LogP contribution in [0.2, 0.25) is 0 Å².